The fraction of sp³-hybridized carbons (Fsp3) is 0.500. The lowest BCUT2D eigenvalue weighted by atomic mass is 10.1. The highest BCUT2D eigenvalue weighted by Crippen LogP contribution is 2.06. The van der Waals surface area contributed by atoms with Gasteiger partial charge in [-0.15, -0.1) is 0 Å². The van der Waals surface area contributed by atoms with Gasteiger partial charge in [0.25, 0.3) is 0 Å². The van der Waals surface area contributed by atoms with Gasteiger partial charge in [-0.25, -0.2) is 0 Å². The number of benzene rings is 1. The predicted octanol–water partition coefficient (Wildman–Crippen LogP) is 2.17. The minimum Gasteiger partial charge on any atom is -0.370 e. The summed E-state index contributed by atoms with van der Waals surface area (Å²) in [6.45, 7) is 2.08. The van der Waals surface area contributed by atoms with Crippen LogP contribution >= 0.6 is 0 Å². The number of rotatable bonds is 9. The Balaban J connectivity index is 2.38. The van der Waals surface area contributed by atoms with Crippen molar-refractivity contribution in [2.24, 2.45) is 5.73 Å². The fourth-order valence-corrected chi connectivity index (χ4v) is 2.12. The molecule has 0 saturated carbocycles. The van der Waals surface area contributed by atoms with Crippen LogP contribution in [0.25, 0.3) is 0 Å². The van der Waals surface area contributed by atoms with Crippen molar-refractivity contribution < 1.29 is 9.59 Å². The number of aryl methyl sites for hydroxylation is 1. The number of carbonyl (C=O) groups excluding carboxylic acids is 2. The first-order chi connectivity index (χ1) is 9.61. The van der Waals surface area contributed by atoms with Crippen LogP contribution in [0.2, 0.25) is 0 Å². The van der Waals surface area contributed by atoms with E-state index in [-0.39, 0.29) is 24.3 Å². The largest absolute Gasteiger partial charge is 0.370 e. The summed E-state index contributed by atoms with van der Waals surface area (Å²) in [5.41, 5.74) is 6.36. The predicted molar refractivity (Wildman–Crippen MR) is 80.0 cm³/mol. The van der Waals surface area contributed by atoms with E-state index in [1.54, 1.807) is 0 Å². The van der Waals surface area contributed by atoms with Crippen LogP contribution in [0.5, 0.6) is 0 Å². The highest BCUT2D eigenvalue weighted by atomic mass is 16.2. The molecule has 0 unspecified atom stereocenters. The molecule has 1 aromatic carbocycles. The van der Waals surface area contributed by atoms with Gasteiger partial charge in [0.15, 0.2) is 0 Å². The van der Waals surface area contributed by atoms with E-state index in [0.29, 0.717) is 12.8 Å². The molecule has 0 bridgehead atoms. The smallest absolute Gasteiger partial charge is 0.220 e. The Hall–Kier alpha value is -1.84. The molecule has 0 fully saturated rings. The zero-order valence-electron chi connectivity index (χ0n) is 12.1. The number of primary amides is 1. The van der Waals surface area contributed by atoms with Crippen molar-refractivity contribution in [3.63, 3.8) is 0 Å². The Kier molecular flexibility index (Phi) is 7.40. The van der Waals surface area contributed by atoms with E-state index >= 15 is 0 Å². The maximum Gasteiger partial charge on any atom is 0.220 e. The van der Waals surface area contributed by atoms with Crippen molar-refractivity contribution in [1.82, 2.24) is 5.32 Å². The molecule has 0 aromatic heterocycles. The lowest BCUT2D eigenvalue weighted by Crippen LogP contribution is -2.38. The second-order valence-electron chi connectivity index (χ2n) is 5.06. The fourth-order valence-electron chi connectivity index (χ4n) is 2.12. The maximum atomic E-state index is 11.9. The number of nitrogens with two attached hydrogens (primary N) is 1. The summed E-state index contributed by atoms with van der Waals surface area (Å²) in [5.74, 6) is -0.384. The number of hydrogen-bond donors (Lipinski definition) is 2. The average Bonchev–Trinajstić information content (AvgIpc) is 2.43. The van der Waals surface area contributed by atoms with Crippen LogP contribution in [0.4, 0.5) is 0 Å². The Labute approximate surface area is 120 Å². The molecule has 1 aromatic rings. The first kappa shape index (κ1) is 16.2. The number of unbranched alkanes of at least 4 members (excludes halogenated alkanes) is 1. The van der Waals surface area contributed by atoms with Crippen molar-refractivity contribution >= 4 is 11.8 Å². The highest BCUT2D eigenvalue weighted by molar-refractivity contribution is 5.79. The van der Waals surface area contributed by atoms with Crippen LogP contribution in [0.1, 0.15) is 44.6 Å². The average molecular weight is 276 g/mol. The van der Waals surface area contributed by atoms with Crippen molar-refractivity contribution in [2.45, 2.75) is 51.5 Å². The lowest BCUT2D eigenvalue weighted by molar-refractivity contribution is -0.122. The third-order valence-corrected chi connectivity index (χ3v) is 3.20. The lowest BCUT2D eigenvalue weighted by Gasteiger charge is -2.17. The number of amides is 2. The molecule has 0 saturated heterocycles. The van der Waals surface area contributed by atoms with Crippen molar-refractivity contribution in [2.75, 3.05) is 0 Å². The molecule has 110 valence electrons. The van der Waals surface area contributed by atoms with Crippen LogP contribution in [-0.2, 0) is 16.0 Å². The number of nitrogens with one attached hydrogen (secondary N) is 1. The van der Waals surface area contributed by atoms with Gasteiger partial charge in [-0.3, -0.25) is 9.59 Å². The summed E-state index contributed by atoms with van der Waals surface area (Å²) < 4.78 is 0. The van der Waals surface area contributed by atoms with Gasteiger partial charge in [0, 0.05) is 18.9 Å². The Morgan fingerprint density at radius 2 is 1.95 bits per heavy atom. The first-order valence-corrected chi connectivity index (χ1v) is 7.23. The molecule has 0 spiro atoms. The summed E-state index contributed by atoms with van der Waals surface area (Å²) in [4.78, 5) is 22.9. The quantitative estimate of drug-likeness (QED) is 0.725. The molecule has 4 nitrogen and oxygen atoms in total. The van der Waals surface area contributed by atoms with Crippen LogP contribution in [-0.4, -0.2) is 17.9 Å². The van der Waals surface area contributed by atoms with Gasteiger partial charge in [-0.2, -0.15) is 0 Å². The topological polar surface area (TPSA) is 72.2 Å². The molecule has 1 rings (SSSR count). The van der Waals surface area contributed by atoms with Crippen LogP contribution < -0.4 is 11.1 Å². The minimum absolute atomic E-state index is 0.0174. The van der Waals surface area contributed by atoms with Crippen LogP contribution in [0.15, 0.2) is 30.3 Å². The Morgan fingerprint density at radius 3 is 2.55 bits per heavy atom. The minimum atomic E-state index is -0.366. The zero-order chi connectivity index (χ0) is 14.8. The SMILES string of the molecule is CCCC[C@@H](CC(N)=O)NC(=O)CCc1ccccc1. The standard InChI is InChI=1S/C16H24N2O2/c1-2-3-9-14(12-15(17)19)18-16(20)11-10-13-7-5-4-6-8-13/h4-8,14H,2-3,9-12H2,1H3,(H2,17,19)(H,18,20)/t14-/m0/s1. The monoisotopic (exact) mass is 276 g/mol. The number of carbonyl (C=O) groups is 2. The molecule has 0 aliphatic heterocycles. The second-order valence-corrected chi connectivity index (χ2v) is 5.06. The van der Waals surface area contributed by atoms with E-state index < -0.39 is 0 Å². The Bertz CT molecular complexity index is 418. The normalized spacial score (nSPS) is 11.8. The molecular weight excluding hydrogens is 252 g/mol. The number of hydrogen-bond acceptors (Lipinski definition) is 2. The van der Waals surface area contributed by atoms with Gasteiger partial charge < -0.3 is 11.1 Å². The Morgan fingerprint density at radius 1 is 1.25 bits per heavy atom. The van der Waals surface area contributed by atoms with Gasteiger partial charge >= 0.3 is 0 Å². The third kappa shape index (κ3) is 6.92. The van der Waals surface area contributed by atoms with Gasteiger partial charge in [0.05, 0.1) is 0 Å². The molecule has 0 heterocycles. The van der Waals surface area contributed by atoms with E-state index in [0.717, 1.165) is 24.8 Å². The van der Waals surface area contributed by atoms with Crippen molar-refractivity contribution in [1.29, 1.82) is 0 Å². The summed E-state index contributed by atoms with van der Waals surface area (Å²) in [6.07, 6.45) is 4.19. The molecule has 0 radical (unpaired) electrons. The molecule has 20 heavy (non-hydrogen) atoms. The summed E-state index contributed by atoms with van der Waals surface area (Å²) in [5, 5.41) is 2.91. The first-order valence-electron chi connectivity index (χ1n) is 7.23. The van der Waals surface area contributed by atoms with Crippen LogP contribution in [0.3, 0.4) is 0 Å². The second kappa shape index (κ2) is 9.13. The van der Waals surface area contributed by atoms with Crippen molar-refractivity contribution in [3.8, 4) is 0 Å². The van der Waals surface area contributed by atoms with Gasteiger partial charge in [-0.1, -0.05) is 50.1 Å². The van der Waals surface area contributed by atoms with Crippen LogP contribution in [0, 0.1) is 0 Å². The zero-order valence-corrected chi connectivity index (χ0v) is 12.1. The van der Waals surface area contributed by atoms with Gasteiger partial charge in [0.1, 0.15) is 0 Å². The molecular formula is C16H24N2O2. The van der Waals surface area contributed by atoms with Crippen molar-refractivity contribution in [3.05, 3.63) is 35.9 Å². The molecule has 2 amide bonds. The van der Waals surface area contributed by atoms with E-state index in [1.807, 2.05) is 30.3 Å². The molecule has 0 aliphatic carbocycles. The van der Waals surface area contributed by atoms with E-state index in [4.69, 9.17) is 5.73 Å². The van der Waals surface area contributed by atoms with E-state index in [2.05, 4.69) is 12.2 Å². The highest BCUT2D eigenvalue weighted by Gasteiger charge is 2.14. The molecule has 3 N–H and O–H groups in total. The van der Waals surface area contributed by atoms with Gasteiger partial charge in [-0.05, 0) is 18.4 Å². The van der Waals surface area contributed by atoms with E-state index in [1.165, 1.54) is 0 Å². The maximum absolute atomic E-state index is 11.9. The van der Waals surface area contributed by atoms with Gasteiger partial charge in [0.2, 0.25) is 11.8 Å². The van der Waals surface area contributed by atoms with E-state index in [9.17, 15) is 9.59 Å². The summed E-state index contributed by atoms with van der Waals surface area (Å²) >= 11 is 0. The summed E-state index contributed by atoms with van der Waals surface area (Å²) in [6, 6.07) is 9.76. The summed E-state index contributed by atoms with van der Waals surface area (Å²) in [7, 11) is 0. The molecule has 0 aliphatic rings. The molecule has 1 atom stereocenters. The third-order valence-electron chi connectivity index (χ3n) is 3.20. The molecule has 4 heteroatoms.